The minimum atomic E-state index is -0.502. The number of aliphatic hydroxyl groups excluding tert-OH is 1. The van der Waals surface area contributed by atoms with Gasteiger partial charge in [-0.1, -0.05) is 32.4 Å². The third-order valence-electron chi connectivity index (χ3n) is 7.30. The Morgan fingerprint density at radius 1 is 1.21 bits per heavy atom. The molecule has 5 rings (SSSR count). The topological polar surface area (TPSA) is 73.3 Å². The lowest BCUT2D eigenvalue weighted by Crippen LogP contribution is -2.43. The average molecular weight is 551 g/mol. The van der Waals surface area contributed by atoms with Gasteiger partial charge in [-0.15, -0.1) is 37.2 Å². The monoisotopic (exact) mass is 549 g/mol. The van der Waals surface area contributed by atoms with Gasteiger partial charge in [0.15, 0.2) is 0 Å². The van der Waals surface area contributed by atoms with Gasteiger partial charge < -0.3 is 20.6 Å². The van der Waals surface area contributed by atoms with Crippen LogP contribution >= 0.6 is 48.8 Å². The number of hydrogen-bond acceptors (Lipinski definition) is 6. The van der Waals surface area contributed by atoms with Crippen molar-refractivity contribution in [1.82, 2.24) is 20.6 Å². The molecular weight excluding hydrogens is 516 g/mol. The van der Waals surface area contributed by atoms with Gasteiger partial charge in [0.25, 0.3) is 0 Å². The Bertz CT molecular complexity index is 1000. The van der Waals surface area contributed by atoms with Crippen molar-refractivity contribution < 1.29 is 5.11 Å². The third kappa shape index (κ3) is 4.88. The van der Waals surface area contributed by atoms with Crippen molar-refractivity contribution >= 4 is 60.3 Å². The second kappa shape index (κ2) is 11.5. The standard InChI is InChI=1S/C24H32ClN5O.3ClH/c1-14(2)27-11-16-17(25)4-5-18-21(16)24(6-8-26-9-7-24)12-30(18)23-20-15(3)10-19(31)22(20)28-13-29-23;;;/h4-5,13-15,19,26-27,31H,6-12H2,1-3H3;3*1H/t15-,19-;;;/m1.../s1. The van der Waals surface area contributed by atoms with E-state index in [1.54, 1.807) is 6.33 Å². The molecular formula is C24H35Cl4N5O. The lowest BCUT2D eigenvalue weighted by Gasteiger charge is -2.36. The highest BCUT2D eigenvalue weighted by Crippen LogP contribution is 2.53. The highest BCUT2D eigenvalue weighted by molar-refractivity contribution is 6.31. The number of benzene rings is 1. The summed E-state index contributed by atoms with van der Waals surface area (Å²) in [6.45, 7) is 10.2. The summed E-state index contributed by atoms with van der Waals surface area (Å²) in [5, 5.41) is 18.5. The second-order valence-electron chi connectivity index (χ2n) is 9.72. The molecule has 3 aliphatic rings. The van der Waals surface area contributed by atoms with Crippen LogP contribution in [0.1, 0.15) is 74.4 Å². The van der Waals surface area contributed by atoms with Crippen molar-refractivity contribution in [2.75, 3.05) is 24.5 Å². The normalized spacial score (nSPS) is 22.0. The van der Waals surface area contributed by atoms with Crippen LogP contribution in [-0.4, -0.2) is 40.8 Å². The van der Waals surface area contributed by atoms with Crippen LogP contribution in [0.5, 0.6) is 0 Å². The fourth-order valence-corrected chi connectivity index (χ4v) is 6.02. The molecule has 3 heterocycles. The SMILES string of the molecule is CC(C)NCc1c(Cl)ccc2c1C1(CCNCC1)CN2c1ncnc2c1[C@H](C)C[C@H]2O.Cl.Cl.Cl. The Morgan fingerprint density at radius 3 is 2.59 bits per heavy atom. The van der Waals surface area contributed by atoms with E-state index >= 15 is 0 Å². The van der Waals surface area contributed by atoms with E-state index in [9.17, 15) is 5.11 Å². The fourth-order valence-electron chi connectivity index (χ4n) is 5.79. The largest absolute Gasteiger partial charge is 0.387 e. The van der Waals surface area contributed by atoms with E-state index in [1.807, 2.05) is 6.07 Å². The summed E-state index contributed by atoms with van der Waals surface area (Å²) in [5.74, 6) is 1.19. The van der Waals surface area contributed by atoms with E-state index in [2.05, 4.69) is 47.4 Å². The number of fused-ring (bicyclic) bond motifs is 3. The number of piperidine rings is 1. The molecule has 3 N–H and O–H groups in total. The van der Waals surface area contributed by atoms with E-state index in [1.165, 1.54) is 16.8 Å². The summed E-state index contributed by atoms with van der Waals surface area (Å²) in [7, 11) is 0. The summed E-state index contributed by atoms with van der Waals surface area (Å²) in [6.07, 6.45) is 3.98. The van der Waals surface area contributed by atoms with Crippen LogP contribution in [0.15, 0.2) is 18.5 Å². The van der Waals surface area contributed by atoms with Gasteiger partial charge in [-0.25, -0.2) is 9.97 Å². The Hall–Kier alpha value is -0.860. The molecule has 1 spiro atoms. The Morgan fingerprint density at radius 2 is 1.91 bits per heavy atom. The third-order valence-corrected chi connectivity index (χ3v) is 7.65. The van der Waals surface area contributed by atoms with Gasteiger partial charge in [-0.05, 0) is 61.5 Å². The van der Waals surface area contributed by atoms with Crippen LogP contribution in [0.4, 0.5) is 11.5 Å². The molecule has 2 aliphatic heterocycles. The fraction of sp³-hybridized carbons (Fsp3) is 0.583. The van der Waals surface area contributed by atoms with Gasteiger partial charge in [0, 0.05) is 40.8 Å². The van der Waals surface area contributed by atoms with Crippen molar-refractivity contribution in [3.8, 4) is 0 Å². The quantitative estimate of drug-likeness (QED) is 0.485. The highest BCUT2D eigenvalue weighted by atomic mass is 35.5. The molecule has 2 atom stereocenters. The summed E-state index contributed by atoms with van der Waals surface area (Å²) < 4.78 is 0. The molecule has 0 saturated carbocycles. The Kier molecular flexibility index (Phi) is 9.90. The van der Waals surface area contributed by atoms with Crippen molar-refractivity contribution in [2.24, 2.45) is 0 Å². The van der Waals surface area contributed by atoms with Crippen LogP contribution in [-0.2, 0) is 12.0 Å². The summed E-state index contributed by atoms with van der Waals surface area (Å²) >= 11 is 6.79. The van der Waals surface area contributed by atoms with Gasteiger partial charge >= 0.3 is 0 Å². The lowest BCUT2D eigenvalue weighted by atomic mass is 9.73. The number of aromatic nitrogens is 2. The number of hydrogen-bond donors (Lipinski definition) is 3. The molecule has 1 fully saturated rings. The van der Waals surface area contributed by atoms with Crippen molar-refractivity contribution in [3.05, 3.63) is 45.9 Å². The number of nitrogens with one attached hydrogen (secondary N) is 2. The molecule has 0 unspecified atom stereocenters. The van der Waals surface area contributed by atoms with Crippen molar-refractivity contribution in [2.45, 2.75) is 70.1 Å². The van der Waals surface area contributed by atoms with Gasteiger partial charge in [-0.2, -0.15) is 0 Å². The molecule has 2 aromatic rings. The molecule has 6 nitrogen and oxygen atoms in total. The summed E-state index contributed by atoms with van der Waals surface area (Å²) in [6, 6.07) is 4.59. The van der Waals surface area contributed by atoms with Gasteiger partial charge in [0.05, 0.1) is 11.8 Å². The number of rotatable bonds is 4. The first-order valence-corrected chi connectivity index (χ1v) is 11.9. The van der Waals surface area contributed by atoms with Crippen LogP contribution in [0.2, 0.25) is 5.02 Å². The molecule has 1 aromatic carbocycles. The molecule has 1 aliphatic carbocycles. The molecule has 10 heteroatoms. The van der Waals surface area contributed by atoms with Crippen LogP contribution in [0.25, 0.3) is 0 Å². The molecule has 34 heavy (non-hydrogen) atoms. The molecule has 0 amide bonds. The number of aliphatic hydroxyl groups is 1. The van der Waals surface area contributed by atoms with Gasteiger partial charge in [-0.3, -0.25) is 0 Å². The number of nitrogens with zero attached hydrogens (tertiary/aromatic N) is 3. The molecule has 0 radical (unpaired) electrons. The molecule has 1 saturated heterocycles. The number of halogens is 4. The van der Waals surface area contributed by atoms with Gasteiger partial charge in [0.1, 0.15) is 12.1 Å². The van der Waals surface area contributed by atoms with E-state index in [0.29, 0.717) is 12.5 Å². The van der Waals surface area contributed by atoms with Crippen LogP contribution < -0.4 is 15.5 Å². The number of anilines is 2. The smallest absolute Gasteiger partial charge is 0.140 e. The Labute approximate surface area is 225 Å². The predicted molar refractivity (Wildman–Crippen MR) is 146 cm³/mol. The first-order chi connectivity index (χ1) is 14.9. The first kappa shape index (κ1) is 29.4. The van der Waals surface area contributed by atoms with E-state index in [-0.39, 0.29) is 48.6 Å². The van der Waals surface area contributed by atoms with Gasteiger partial charge in [0.2, 0.25) is 0 Å². The van der Waals surface area contributed by atoms with Crippen molar-refractivity contribution in [3.63, 3.8) is 0 Å². The maximum atomic E-state index is 10.5. The molecule has 190 valence electrons. The lowest BCUT2D eigenvalue weighted by molar-refractivity contribution is 0.170. The van der Waals surface area contributed by atoms with E-state index < -0.39 is 6.10 Å². The molecule has 1 aromatic heterocycles. The Balaban J connectivity index is 0.00000136. The molecule has 0 bridgehead atoms. The summed E-state index contributed by atoms with van der Waals surface area (Å²) in [5.41, 5.74) is 5.76. The van der Waals surface area contributed by atoms with Crippen LogP contribution in [0.3, 0.4) is 0 Å². The zero-order chi connectivity index (χ0) is 21.8. The average Bonchev–Trinajstić information content (AvgIpc) is 3.22. The van der Waals surface area contributed by atoms with Crippen molar-refractivity contribution in [1.29, 1.82) is 0 Å². The summed E-state index contributed by atoms with van der Waals surface area (Å²) in [4.78, 5) is 11.6. The van der Waals surface area contributed by atoms with E-state index in [0.717, 1.165) is 61.1 Å². The zero-order valence-electron chi connectivity index (χ0n) is 19.8. The zero-order valence-corrected chi connectivity index (χ0v) is 23.0. The predicted octanol–water partition coefficient (Wildman–Crippen LogP) is 5.21. The maximum absolute atomic E-state index is 10.5. The minimum absolute atomic E-state index is 0. The van der Waals surface area contributed by atoms with Crippen LogP contribution in [0, 0.1) is 0 Å². The van der Waals surface area contributed by atoms with E-state index in [4.69, 9.17) is 16.6 Å². The highest BCUT2D eigenvalue weighted by Gasteiger charge is 2.47. The maximum Gasteiger partial charge on any atom is 0.140 e. The minimum Gasteiger partial charge on any atom is -0.387 e. The first-order valence-electron chi connectivity index (χ1n) is 11.5. The second-order valence-corrected chi connectivity index (χ2v) is 10.1.